The second kappa shape index (κ2) is 4.61. The Labute approximate surface area is 117 Å². The van der Waals surface area contributed by atoms with Crippen LogP contribution in [0.4, 0.5) is 0 Å². The maximum absolute atomic E-state index is 12.4. The van der Waals surface area contributed by atoms with Gasteiger partial charge in [0.05, 0.1) is 10.3 Å². The number of carboxylic acids is 1. The number of hydrogen-bond donors (Lipinski definition) is 1. The molecule has 2 aromatic heterocycles. The van der Waals surface area contributed by atoms with Crippen molar-refractivity contribution in [1.82, 2.24) is 0 Å². The van der Waals surface area contributed by atoms with Gasteiger partial charge in [-0.25, -0.2) is 4.79 Å². The first-order valence-electron chi connectivity index (χ1n) is 5.93. The molecule has 5 heteroatoms. The van der Waals surface area contributed by atoms with Gasteiger partial charge in [-0.15, -0.1) is 11.3 Å². The Morgan fingerprint density at radius 2 is 2.05 bits per heavy atom. The lowest BCUT2D eigenvalue weighted by Crippen LogP contribution is -2.16. The van der Waals surface area contributed by atoms with Crippen molar-refractivity contribution in [3.8, 4) is 10.6 Å². The van der Waals surface area contributed by atoms with E-state index in [0.29, 0.717) is 15.8 Å². The third-order valence-electron chi connectivity index (χ3n) is 3.07. The second-order valence-electron chi connectivity index (χ2n) is 4.37. The lowest BCUT2D eigenvalue weighted by Gasteiger charge is -2.07. The van der Waals surface area contributed by atoms with Gasteiger partial charge < -0.3 is 9.52 Å². The number of rotatable bonds is 2. The number of para-hydroxylation sites is 1. The molecule has 100 valence electrons. The molecule has 1 aromatic carbocycles. The van der Waals surface area contributed by atoms with Crippen molar-refractivity contribution in [2.45, 2.75) is 6.92 Å². The van der Waals surface area contributed by atoms with E-state index in [1.54, 1.807) is 24.3 Å². The van der Waals surface area contributed by atoms with Crippen LogP contribution in [-0.2, 0) is 0 Å². The summed E-state index contributed by atoms with van der Waals surface area (Å²) in [6, 6.07) is 8.64. The van der Waals surface area contributed by atoms with Crippen LogP contribution in [0.5, 0.6) is 0 Å². The highest BCUT2D eigenvalue weighted by atomic mass is 32.1. The lowest BCUT2D eigenvalue weighted by atomic mass is 10.1. The third-order valence-corrected chi connectivity index (χ3v) is 3.94. The molecule has 0 radical (unpaired) electrons. The first-order valence-corrected chi connectivity index (χ1v) is 6.81. The number of fused-ring (bicyclic) bond motifs is 1. The minimum Gasteiger partial charge on any atom is -0.477 e. The largest absolute Gasteiger partial charge is 0.477 e. The second-order valence-corrected chi connectivity index (χ2v) is 5.32. The van der Waals surface area contributed by atoms with Crippen LogP contribution >= 0.6 is 11.3 Å². The van der Waals surface area contributed by atoms with Gasteiger partial charge in [-0.05, 0) is 30.0 Å². The number of hydrogen-bond acceptors (Lipinski definition) is 4. The summed E-state index contributed by atoms with van der Waals surface area (Å²) in [6.45, 7) is 1.82. The van der Waals surface area contributed by atoms with Gasteiger partial charge in [0, 0.05) is 0 Å². The molecular formula is C15H10O4S. The molecule has 0 atom stereocenters. The van der Waals surface area contributed by atoms with Gasteiger partial charge in [-0.3, -0.25) is 4.79 Å². The number of benzene rings is 1. The Kier molecular flexibility index (Phi) is 2.91. The van der Waals surface area contributed by atoms with Gasteiger partial charge in [0.1, 0.15) is 5.58 Å². The number of aromatic carboxylic acids is 1. The van der Waals surface area contributed by atoms with E-state index in [2.05, 4.69) is 0 Å². The van der Waals surface area contributed by atoms with Gasteiger partial charge in [0.15, 0.2) is 11.3 Å². The van der Waals surface area contributed by atoms with Gasteiger partial charge in [-0.1, -0.05) is 18.2 Å². The zero-order chi connectivity index (χ0) is 14.3. The fraction of sp³-hybridized carbons (Fsp3) is 0.0667. The van der Waals surface area contributed by atoms with Crippen molar-refractivity contribution in [1.29, 1.82) is 0 Å². The molecule has 0 bridgehead atoms. The summed E-state index contributed by atoms with van der Waals surface area (Å²) in [5, 5.41) is 11.4. The normalized spacial score (nSPS) is 10.8. The van der Waals surface area contributed by atoms with Crippen LogP contribution in [0.3, 0.4) is 0 Å². The van der Waals surface area contributed by atoms with E-state index in [0.717, 1.165) is 5.56 Å². The van der Waals surface area contributed by atoms with E-state index in [1.165, 1.54) is 11.3 Å². The molecule has 3 rings (SSSR count). The van der Waals surface area contributed by atoms with Crippen LogP contribution in [0.2, 0.25) is 0 Å². The molecule has 0 aliphatic heterocycles. The van der Waals surface area contributed by atoms with Crippen LogP contribution < -0.4 is 5.43 Å². The van der Waals surface area contributed by atoms with Crippen LogP contribution in [0.15, 0.2) is 44.9 Å². The van der Waals surface area contributed by atoms with E-state index >= 15 is 0 Å². The summed E-state index contributed by atoms with van der Waals surface area (Å²) in [5.74, 6) is -1.15. The Hall–Kier alpha value is -2.40. The van der Waals surface area contributed by atoms with Crippen molar-refractivity contribution >= 4 is 28.3 Å². The molecule has 0 unspecified atom stereocenters. The van der Waals surface area contributed by atoms with Gasteiger partial charge in [0.25, 0.3) is 0 Å². The average Bonchev–Trinajstić information content (AvgIpc) is 2.93. The fourth-order valence-corrected chi connectivity index (χ4v) is 2.84. The minimum atomic E-state index is -1.27. The standard InChI is InChI=1S/C15H10O4S/c1-8-4-2-5-9-12(16)11(15(17)18)14(19-13(8)9)10-6-3-7-20-10/h2-7H,1H3,(H,17,18). The maximum atomic E-state index is 12.4. The summed E-state index contributed by atoms with van der Waals surface area (Å²) in [7, 11) is 0. The van der Waals surface area contributed by atoms with E-state index in [1.807, 2.05) is 18.4 Å². The van der Waals surface area contributed by atoms with Crippen molar-refractivity contribution in [2.24, 2.45) is 0 Å². The molecule has 3 aromatic rings. The zero-order valence-corrected chi connectivity index (χ0v) is 11.4. The molecule has 4 nitrogen and oxygen atoms in total. The quantitative estimate of drug-likeness (QED) is 0.782. The summed E-state index contributed by atoms with van der Waals surface area (Å²) in [4.78, 5) is 24.4. The van der Waals surface area contributed by atoms with Gasteiger partial charge >= 0.3 is 5.97 Å². The Bertz CT molecular complexity index is 859. The smallest absolute Gasteiger partial charge is 0.343 e. The van der Waals surface area contributed by atoms with Crippen LogP contribution in [0.25, 0.3) is 21.6 Å². The number of carboxylic acid groups (broad SMARTS) is 1. The molecule has 2 heterocycles. The van der Waals surface area contributed by atoms with Gasteiger partial charge in [-0.2, -0.15) is 0 Å². The molecule has 0 spiro atoms. The minimum absolute atomic E-state index is 0.124. The first kappa shape index (κ1) is 12.6. The van der Waals surface area contributed by atoms with Crippen LogP contribution in [0, 0.1) is 6.92 Å². The summed E-state index contributed by atoms with van der Waals surface area (Å²) >= 11 is 1.33. The van der Waals surface area contributed by atoms with E-state index in [-0.39, 0.29) is 11.3 Å². The first-order chi connectivity index (χ1) is 9.59. The fourth-order valence-electron chi connectivity index (χ4n) is 2.13. The highest BCUT2D eigenvalue weighted by Gasteiger charge is 2.22. The van der Waals surface area contributed by atoms with Crippen LogP contribution in [0.1, 0.15) is 15.9 Å². The highest BCUT2D eigenvalue weighted by molar-refractivity contribution is 7.13. The Morgan fingerprint density at radius 1 is 1.25 bits per heavy atom. The van der Waals surface area contributed by atoms with Crippen molar-refractivity contribution in [3.63, 3.8) is 0 Å². The number of thiophene rings is 1. The number of carbonyl (C=O) groups is 1. The number of aryl methyl sites for hydroxylation is 1. The molecule has 1 N–H and O–H groups in total. The van der Waals surface area contributed by atoms with Gasteiger partial charge in [0.2, 0.25) is 5.43 Å². The Morgan fingerprint density at radius 3 is 2.70 bits per heavy atom. The lowest BCUT2D eigenvalue weighted by molar-refractivity contribution is 0.0694. The molecule has 0 saturated heterocycles. The molecule has 0 fully saturated rings. The van der Waals surface area contributed by atoms with Crippen molar-refractivity contribution < 1.29 is 14.3 Å². The van der Waals surface area contributed by atoms with Crippen molar-refractivity contribution in [2.75, 3.05) is 0 Å². The molecule has 0 amide bonds. The monoisotopic (exact) mass is 286 g/mol. The zero-order valence-electron chi connectivity index (χ0n) is 10.5. The van der Waals surface area contributed by atoms with E-state index in [9.17, 15) is 14.7 Å². The van der Waals surface area contributed by atoms with E-state index < -0.39 is 11.4 Å². The third kappa shape index (κ3) is 1.83. The summed E-state index contributed by atoms with van der Waals surface area (Å²) in [6.07, 6.45) is 0. The van der Waals surface area contributed by atoms with E-state index in [4.69, 9.17) is 4.42 Å². The summed E-state index contributed by atoms with van der Waals surface area (Å²) in [5.41, 5.74) is 0.414. The maximum Gasteiger partial charge on any atom is 0.343 e. The highest BCUT2D eigenvalue weighted by Crippen LogP contribution is 2.30. The topological polar surface area (TPSA) is 67.5 Å². The molecule has 0 aliphatic rings. The summed E-state index contributed by atoms with van der Waals surface area (Å²) < 4.78 is 5.74. The molecule has 20 heavy (non-hydrogen) atoms. The molecule has 0 aliphatic carbocycles. The average molecular weight is 286 g/mol. The van der Waals surface area contributed by atoms with Crippen LogP contribution in [-0.4, -0.2) is 11.1 Å². The Balaban J connectivity index is 2.50. The predicted molar refractivity (Wildman–Crippen MR) is 77.5 cm³/mol. The molecular weight excluding hydrogens is 276 g/mol. The van der Waals surface area contributed by atoms with Crippen molar-refractivity contribution in [3.05, 3.63) is 57.1 Å². The predicted octanol–water partition coefficient (Wildman–Crippen LogP) is 3.53. The SMILES string of the molecule is Cc1cccc2c(=O)c(C(=O)O)c(-c3cccs3)oc12. The molecule has 0 saturated carbocycles.